The quantitative estimate of drug-likeness (QED) is 0.409. The number of halogens is 3. The van der Waals surface area contributed by atoms with E-state index in [9.17, 15) is 23.2 Å². The van der Waals surface area contributed by atoms with Crippen molar-refractivity contribution in [1.29, 1.82) is 5.26 Å². The van der Waals surface area contributed by atoms with Crippen molar-refractivity contribution in [1.82, 2.24) is 20.1 Å². The van der Waals surface area contributed by atoms with E-state index in [0.717, 1.165) is 43.5 Å². The van der Waals surface area contributed by atoms with Crippen LogP contribution >= 0.6 is 0 Å². The monoisotopic (exact) mass is 548 g/mol. The molecule has 3 aromatic rings. The SMILES string of the molecule is Cn1cnnc1[C@@H](c1cccc(N2Cc3c(cc(CNC4(C)CCC4)cc3C(F)(F)F)C2=O)c1)C1CC(C#N)C1. The molecule has 1 atom stereocenters. The van der Waals surface area contributed by atoms with Gasteiger partial charge in [0.25, 0.3) is 5.91 Å². The summed E-state index contributed by atoms with van der Waals surface area (Å²) < 4.78 is 44.5. The first-order valence-corrected chi connectivity index (χ1v) is 13.7. The number of nitriles is 1. The van der Waals surface area contributed by atoms with E-state index in [4.69, 9.17) is 0 Å². The van der Waals surface area contributed by atoms with Gasteiger partial charge in [0.2, 0.25) is 0 Å². The number of hydrogen-bond donors (Lipinski definition) is 1. The molecule has 1 aromatic heterocycles. The molecule has 0 saturated heterocycles. The third-order valence-electron chi connectivity index (χ3n) is 8.98. The molecular formula is C30H31F3N6O. The third kappa shape index (κ3) is 4.66. The zero-order valence-electron chi connectivity index (χ0n) is 22.5. The Bertz CT molecular complexity index is 1500. The molecule has 0 bridgehead atoms. The number of alkyl halides is 3. The normalized spacial score (nSPS) is 22.3. The first-order valence-electron chi connectivity index (χ1n) is 13.7. The lowest BCUT2D eigenvalue weighted by atomic mass is 9.67. The molecule has 208 valence electrons. The number of benzene rings is 2. The van der Waals surface area contributed by atoms with Gasteiger partial charge in [0.05, 0.1) is 18.2 Å². The Labute approximate surface area is 231 Å². The van der Waals surface area contributed by atoms with Gasteiger partial charge in [-0.1, -0.05) is 12.1 Å². The number of amides is 1. The molecule has 2 heterocycles. The lowest BCUT2D eigenvalue weighted by molar-refractivity contribution is -0.138. The number of hydrogen-bond acceptors (Lipinski definition) is 5. The molecule has 1 aliphatic heterocycles. The second-order valence-corrected chi connectivity index (χ2v) is 11.8. The van der Waals surface area contributed by atoms with E-state index in [2.05, 4.69) is 28.5 Å². The summed E-state index contributed by atoms with van der Waals surface area (Å²) in [5, 5.41) is 21.1. The number of fused-ring (bicyclic) bond motifs is 1. The van der Waals surface area contributed by atoms with E-state index >= 15 is 0 Å². The molecule has 1 amide bonds. The van der Waals surface area contributed by atoms with Crippen molar-refractivity contribution in [2.75, 3.05) is 4.90 Å². The van der Waals surface area contributed by atoms with Gasteiger partial charge in [0.1, 0.15) is 12.2 Å². The fraction of sp³-hybridized carbons (Fsp3) is 0.467. The number of nitrogens with one attached hydrogen (secondary N) is 1. The van der Waals surface area contributed by atoms with Crippen LogP contribution in [0.1, 0.15) is 83.4 Å². The van der Waals surface area contributed by atoms with Crippen LogP contribution in [0.2, 0.25) is 0 Å². The van der Waals surface area contributed by atoms with E-state index in [1.807, 2.05) is 29.8 Å². The van der Waals surface area contributed by atoms with Crippen LogP contribution in [0.3, 0.4) is 0 Å². The van der Waals surface area contributed by atoms with Crippen molar-refractivity contribution in [3.8, 4) is 6.07 Å². The standard InChI is InChI=1S/C30H31F3N6O/c1-29(7-4-8-29)35-15-19-11-23-24(25(12-19)30(31,32)33)16-39(28(23)40)22-6-3-5-20(13-22)26(21-9-18(10-21)14-34)27-37-36-17-38(27)2/h3,5-6,11-13,17-18,21,26,35H,4,7-10,15-16H2,1-2H3/t18?,21?,26-/m0/s1. The minimum absolute atomic E-state index is 0.00470. The molecule has 7 nitrogen and oxygen atoms in total. The molecule has 0 radical (unpaired) electrons. The van der Waals surface area contributed by atoms with E-state index in [0.29, 0.717) is 11.3 Å². The minimum Gasteiger partial charge on any atom is -0.320 e. The number of aromatic nitrogens is 3. The van der Waals surface area contributed by atoms with Crippen molar-refractivity contribution in [3.05, 3.63) is 76.4 Å². The van der Waals surface area contributed by atoms with Gasteiger partial charge in [-0.05, 0) is 85.9 Å². The van der Waals surface area contributed by atoms with Crippen molar-refractivity contribution >= 4 is 11.6 Å². The van der Waals surface area contributed by atoms with Crippen LogP contribution in [-0.4, -0.2) is 26.2 Å². The summed E-state index contributed by atoms with van der Waals surface area (Å²) in [7, 11) is 1.86. The van der Waals surface area contributed by atoms with Gasteiger partial charge < -0.3 is 14.8 Å². The average molecular weight is 549 g/mol. The summed E-state index contributed by atoms with van der Waals surface area (Å²) in [6.07, 6.45) is 1.60. The number of anilines is 1. The highest BCUT2D eigenvalue weighted by atomic mass is 19.4. The van der Waals surface area contributed by atoms with Crippen LogP contribution in [0, 0.1) is 23.2 Å². The largest absolute Gasteiger partial charge is 0.416 e. The Kier molecular flexibility index (Phi) is 6.45. The molecule has 2 aliphatic carbocycles. The van der Waals surface area contributed by atoms with E-state index in [-0.39, 0.29) is 47.5 Å². The molecule has 0 unspecified atom stereocenters. The number of aryl methyl sites for hydroxylation is 1. The van der Waals surface area contributed by atoms with Gasteiger partial charge in [-0.25, -0.2) is 0 Å². The average Bonchev–Trinajstić information content (AvgIpc) is 3.45. The van der Waals surface area contributed by atoms with Gasteiger partial charge in [-0.2, -0.15) is 18.4 Å². The summed E-state index contributed by atoms with van der Waals surface area (Å²) in [5.74, 6) is 0.353. The first-order chi connectivity index (χ1) is 19.1. The second kappa shape index (κ2) is 9.73. The van der Waals surface area contributed by atoms with E-state index in [1.54, 1.807) is 18.5 Å². The summed E-state index contributed by atoms with van der Waals surface area (Å²) in [5.41, 5.74) is 1.20. The maximum Gasteiger partial charge on any atom is 0.416 e. The van der Waals surface area contributed by atoms with Crippen LogP contribution in [0.15, 0.2) is 42.7 Å². The van der Waals surface area contributed by atoms with Crippen molar-refractivity contribution in [2.45, 2.75) is 69.8 Å². The fourth-order valence-corrected chi connectivity index (χ4v) is 6.36. The Morgan fingerprint density at radius 1 is 1.23 bits per heavy atom. The topological polar surface area (TPSA) is 86.8 Å². The second-order valence-electron chi connectivity index (χ2n) is 11.8. The van der Waals surface area contributed by atoms with Gasteiger partial charge in [-0.3, -0.25) is 4.79 Å². The summed E-state index contributed by atoms with van der Waals surface area (Å²) in [4.78, 5) is 15.1. The molecule has 3 aliphatic rings. The smallest absolute Gasteiger partial charge is 0.320 e. The molecule has 6 rings (SSSR count). The highest BCUT2D eigenvalue weighted by Crippen LogP contribution is 2.47. The highest BCUT2D eigenvalue weighted by molar-refractivity contribution is 6.10. The summed E-state index contributed by atoms with van der Waals surface area (Å²) in [6, 6.07) is 12.5. The predicted molar refractivity (Wildman–Crippen MR) is 142 cm³/mol. The lowest BCUT2D eigenvalue weighted by Crippen LogP contribution is -2.47. The third-order valence-corrected chi connectivity index (χ3v) is 8.98. The Morgan fingerprint density at radius 3 is 2.62 bits per heavy atom. The van der Waals surface area contributed by atoms with Gasteiger partial charge in [-0.15, -0.1) is 10.2 Å². The summed E-state index contributed by atoms with van der Waals surface area (Å²) in [6.45, 7) is 2.21. The van der Waals surface area contributed by atoms with Gasteiger partial charge in [0.15, 0.2) is 0 Å². The zero-order chi connectivity index (χ0) is 28.2. The number of nitrogens with zero attached hydrogens (tertiary/aromatic N) is 5. The molecule has 2 aromatic carbocycles. The molecule has 0 spiro atoms. The Morgan fingerprint density at radius 2 is 2.00 bits per heavy atom. The molecule has 10 heteroatoms. The molecule has 2 fully saturated rings. The van der Waals surface area contributed by atoms with Crippen LogP contribution < -0.4 is 10.2 Å². The van der Waals surface area contributed by atoms with Crippen molar-refractivity contribution in [2.24, 2.45) is 18.9 Å². The number of carbonyl (C=O) groups excluding carboxylic acids is 1. The molecule has 40 heavy (non-hydrogen) atoms. The molecule has 2 saturated carbocycles. The summed E-state index contributed by atoms with van der Waals surface area (Å²) >= 11 is 0. The highest BCUT2D eigenvalue weighted by Gasteiger charge is 2.42. The fourth-order valence-electron chi connectivity index (χ4n) is 6.36. The maximum absolute atomic E-state index is 14.2. The van der Waals surface area contributed by atoms with Gasteiger partial charge >= 0.3 is 6.18 Å². The van der Waals surface area contributed by atoms with Crippen molar-refractivity contribution < 1.29 is 18.0 Å². The first kappa shape index (κ1) is 26.5. The zero-order valence-corrected chi connectivity index (χ0v) is 22.5. The van der Waals surface area contributed by atoms with Crippen LogP contribution in [-0.2, 0) is 26.3 Å². The molecular weight excluding hydrogens is 517 g/mol. The number of carbonyl (C=O) groups is 1. The molecule has 1 N–H and O–H groups in total. The van der Waals surface area contributed by atoms with E-state index < -0.39 is 17.6 Å². The van der Waals surface area contributed by atoms with Crippen LogP contribution in [0.25, 0.3) is 0 Å². The lowest BCUT2D eigenvalue weighted by Gasteiger charge is -2.39. The predicted octanol–water partition coefficient (Wildman–Crippen LogP) is 5.71. The van der Waals surface area contributed by atoms with Crippen LogP contribution in [0.5, 0.6) is 0 Å². The number of rotatable bonds is 7. The Hall–Kier alpha value is -3.71. The van der Waals surface area contributed by atoms with Gasteiger partial charge in [0, 0.05) is 42.2 Å². The maximum atomic E-state index is 14.2. The Balaban J connectivity index is 1.32. The van der Waals surface area contributed by atoms with Crippen molar-refractivity contribution in [3.63, 3.8) is 0 Å². The van der Waals surface area contributed by atoms with Crippen LogP contribution in [0.4, 0.5) is 18.9 Å². The van der Waals surface area contributed by atoms with E-state index in [1.165, 1.54) is 11.0 Å². The minimum atomic E-state index is -4.57.